The zero-order chi connectivity index (χ0) is 14.4. The van der Waals surface area contributed by atoms with E-state index in [-0.39, 0.29) is 11.9 Å². The van der Waals surface area contributed by atoms with Gasteiger partial charge in [0.25, 0.3) is 0 Å². The lowest BCUT2D eigenvalue weighted by atomic mass is 10.1. The summed E-state index contributed by atoms with van der Waals surface area (Å²) in [5.74, 6) is 0.696. The van der Waals surface area contributed by atoms with Crippen LogP contribution in [-0.4, -0.2) is 11.9 Å². The normalized spacial score (nSPS) is 10.9. The summed E-state index contributed by atoms with van der Waals surface area (Å²) in [7, 11) is 0. The van der Waals surface area contributed by atoms with E-state index >= 15 is 0 Å². The molecule has 0 saturated carbocycles. The van der Waals surface area contributed by atoms with Gasteiger partial charge in [-0.05, 0) is 37.6 Å². The zero-order valence-electron chi connectivity index (χ0n) is 11.7. The van der Waals surface area contributed by atoms with E-state index in [1.807, 2.05) is 62.4 Å². The molecule has 2 aromatic carbocycles. The fourth-order valence-electron chi connectivity index (χ4n) is 1.83. The summed E-state index contributed by atoms with van der Waals surface area (Å²) in [5, 5.41) is 0. The Kier molecular flexibility index (Phi) is 4.72. The molecule has 102 valence electrons. The van der Waals surface area contributed by atoms with Gasteiger partial charge in [-0.15, -0.1) is 0 Å². The van der Waals surface area contributed by atoms with Crippen molar-refractivity contribution in [2.45, 2.75) is 20.0 Å². The zero-order valence-corrected chi connectivity index (χ0v) is 11.7. The third-order valence-electron chi connectivity index (χ3n) is 2.72. The molecule has 0 aliphatic heterocycles. The number of ketones is 1. The molecule has 0 bridgehead atoms. The third-order valence-corrected chi connectivity index (χ3v) is 2.72. The van der Waals surface area contributed by atoms with Gasteiger partial charge in [0.15, 0.2) is 5.78 Å². The van der Waals surface area contributed by atoms with Gasteiger partial charge in [-0.1, -0.05) is 48.5 Å². The van der Waals surface area contributed by atoms with E-state index in [9.17, 15) is 4.79 Å². The van der Waals surface area contributed by atoms with Crippen LogP contribution in [0.2, 0.25) is 0 Å². The van der Waals surface area contributed by atoms with Crippen molar-refractivity contribution < 1.29 is 9.53 Å². The molecule has 0 heterocycles. The van der Waals surface area contributed by atoms with Crippen LogP contribution in [-0.2, 0) is 0 Å². The number of allylic oxidation sites excluding steroid dienone is 1. The molecule has 2 rings (SSSR count). The van der Waals surface area contributed by atoms with E-state index in [1.165, 1.54) is 0 Å². The Morgan fingerprint density at radius 2 is 1.80 bits per heavy atom. The summed E-state index contributed by atoms with van der Waals surface area (Å²) >= 11 is 0. The second-order valence-electron chi connectivity index (χ2n) is 4.80. The molecule has 20 heavy (non-hydrogen) atoms. The minimum Gasteiger partial charge on any atom is -0.491 e. The van der Waals surface area contributed by atoms with Gasteiger partial charge in [0.1, 0.15) is 5.75 Å². The number of benzene rings is 2. The van der Waals surface area contributed by atoms with Crippen molar-refractivity contribution in [2.75, 3.05) is 0 Å². The Balaban J connectivity index is 2.11. The van der Waals surface area contributed by atoms with Gasteiger partial charge in [0, 0.05) is 5.56 Å². The van der Waals surface area contributed by atoms with E-state index in [4.69, 9.17) is 4.74 Å². The first-order valence-corrected chi connectivity index (χ1v) is 6.69. The summed E-state index contributed by atoms with van der Waals surface area (Å²) in [4.78, 5) is 12.1. The van der Waals surface area contributed by atoms with Gasteiger partial charge in [-0.2, -0.15) is 0 Å². The Morgan fingerprint density at radius 1 is 1.05 bits per heavy atom. The van der Waals surface area contributed by atoms with Crippen LogP contribution < -0.4 is 4.74 Å². The average molecular weight is 266 g/mol. The monoisotopic (exact) mass is 266 g/mol. The molecule has 0 amide bonds. The maximum absolute atomic E-state index is 12.1. The van der Waals surface area contributed by atoms with Gasteiger partial charge in [-0.25, -0.2) is 0 Å². The van der Waals surface area contributed by atoms with Crippen molar-refractivity contribution in [3.8, 4) is 5.75 Å². The van der Waals surface area contributed by atoms with E-state index in [0.29, 0.717) is 5.56 Å². The molecule has 0 aromatic heterocycles. The highest BCUT2D eigenvalue weighted by molar-refractivity contribution is 6.07. The number of carbonyl (C=O) groups excluding carboxylic acids is 1. The highest BCUT2D eigenvalue weighted by atomic mass is 16.5. The molecule has 2 heteroatoms. The molecule has 2 nitrogen and oxygen atoms in total. The third kappa shape index (κ3) is 4.09. The molecule has 0 spiro atoms. The summed E-state index contributed by atoms with van der Waals surface area (Å²) < 4.78 is 5.59. The van der Waals surface area contributed by atoms with Crippen molar-refractivity contribution >= 4 is 11.9 Å². The number of ether oxygens (including phenoxy) is 1. The SMILES string of the molecule is CC(C)Oc1cccc(C(=O)/C=C/c2ccccc2)c1. The lowest BCUT2D eigenvalue weighted by molar-refractivity contribution is 0.104. The van der Waals surface area contributed by atoms with E-state index in [1.54, 1.807) is 18.2 Å². The van der Waals surface area contributed by atoms with Crippen LogP contribution in [0.15, 0.2) is 60.7 Å². The molecule has 2 aromatic rings. The van der Waals surface area contributed by atoms with Crippen LogP contribution in [0.5, 0.6) is 5.75 Å². The van der Waals surface area contributed by atoms with Crippen molar-refractivity contribution in [1.29, 1.82) is 0 Å². The quantitative estimate of drug-likeness (QED) is 0.593. The topological polar surface area (TPSA) is 26.3 Å². The van der Waals surface area contributed by atoms with E-state index in [2.05, 4.69) is 0 Å². The van der Waals surface area contributed by atoms with Gasteiger partial charge in [0.05, 0.1) is 6.10 Å². The Morgan fingerprint density at radius 3 is 2.50 bits per heavy atom. The maximum Gasteiger partial charge on any atom is 0.185 e. The standard InChI is InChI=1S/C18H18O2/c1-14(2)20-17-10-6-9-16(13-17)18(19)12-11-15-7-4-3-5-8-15/h3-14H,1-2H3/b12-11+. The highest BCUT2D eigenvalue weighted by Gasteiger charge is 2.04. The molecule has 0 N–H and O–H groups in total. The van der Waals surface area contributed by atoms with Crippen molar-refractivity contribution in [3.05, 3.63) is 71.8 Å². The molecule has 0 radical (unpaired) electrons. The van der Waals surface area contributed by atoms with Crippen molar-refractivity contribution in [1.82, 2.24) is 0 Å². The summed E-state index contributed by atoms with van der Waals surface area (Å²) in [5.41, 5.74) is 1.64. The predicted molar refractivity (Wildman–Crippen MR) is 82.0 cm³/mol. The van der Waals surface area contributed by atoms with Crippen LogP contribution in [0.1, 0.15) is 29.8 Å². The smallest absolute Gasteiger partial charge is 0.185 e. The summed E-state index contributed by atoms with van der Waals surface area (Å²) in [6, 6.07) is 17.0. The average Bonchev–Trinajstić information content (AvgIpc) is 2.45. The van der Waals surface area contributed by atoms with Crippen LogP contribution in [0.4, 0.5) is 0 Å². The number of hydrogen-bond acceptors (Lipinski definition) is 2. The first-order chi connectivity index (χ1) is 9.65. The minimum atomic E-state index is -0.0249. The Labute approximate surface area is 119 Å². The molecule has 0 saturated heterocycles. The summed E-state index contributed by atoms with van der Waals surface area (Å²) in [6.07, 6.45) is 3.50. The van der Waals surface area contributed by atoms with Gasteiger partial charge < -0.3 is 4.74 Å². The molecule has 0 fully saturated rings. The lowest BCUT2D eigenvalue weighted by Gasteiger charge is -2.09. The second-order valence-corrected chi connectivity index (χ2v) is 4.80. The van der Waals surface area contributed by atoms with Crippen LogP contribution in [0, 0.1) is 0 Å². The molecular weight excluding hydrogens is 248 g/mol. The fourth-order valence-corrected chi connectivity index (χ4v) is 1.83. The van der Waals surface area contributed by atoms with Gasteiger partial charge in [0.2, 0.25) is 0 Å². The molecule has 0 aliphatic carbocycles. The highest BCUT2D eigenvalue weighted by Crippen LogP contribution is 2.16. The maximum atomic E-state index is 12.1. The number of rotatable bonds is 5. The predicted octanol–water partition coefficient (Wildman–Crippen LogP) is 4.37. The Bertz CT molecular complexity index is 598. The largest absolute Gasteiger partial charge is 0.491 e. The van der Waals surface area contributed by atoms with Gasteiger partial charge in [-0.3, -0.25) is 4.79 Å². The van der Waals surface area contributed by atoms with Crippen LogP contribution in [0.25, 0.3) is 6.08 Å². The van der Waals surface area contributed by atoms with Crippen LogP contribution >= 0.6 is 0 Å². The van der Waals surface area contributed by atoms with Crippen molar-refractivity contribution in [3.63, 3.8) is 0 Å². The lowest BCUT2D eigenvalue weighted by Crippen LogP contribution is -2.06. The molecule has 0 unspecified atom stereocenters. The number of hydrogen-bond donors (Lipinski definition) is 0. The Hall–Kier alpha value is -2.35. The first kappa shape index (κ1) is 14.1. The van der Waals surface area contributed by atoms with Crippen molar-refractivity contribution in [2.24, 2.45) is 0 Å². The number of carbonyl (C=O) groups is 1. The first-order valence-electron chi connectivity index (χ1n) is 6.69. The summed E-state index contributed by atoms with van der Waals surface area (Å²) in [6.45, 7) is 3.92. The molecule has 0 atom stereocenters. The van der Waals surface area contributed by atoms with E-state index in [0.717, 1.165) is 11.3 Å². The van der Waals surface area contributed by atoms with E-state index < -0.39 is 0 Å². The molecular formula is C18H18O2. The fraction of sp³-hybridized carbons (Fsp3) is 0.167. The minimum absolute atomic E-state index is 0.0249. The molecule has 0 aliphatic rings. The van der Waals surface area contributed by atoms with Crippen LogP contribution in [0.3, 0.4) is 0 Å². The van der Waals surface area contributed by atoms with Gasteiger partial charge >= 0.3 is 0 Å². The second kappa shape index (κ2) is 6.71.